The van der Waals surface area contributed by atoms with Crippen molar-refractivity contribution >= 4 is 35.0 Å². The van der Waals surface area contributed by atoms with Gasteiger partial charge in [-0.3, -0.25) is 4.79 Å². The lowest BCUT2D eigenvalue weighted by atomic mass is 9.96. The van der Waals surface area contributed by atoms with Crippen molar-refractivity contribution in [2.24, 2.45) is 0 Å². The minimum Gasteiger partial charge on any atom is -0.355 e. The van der Waals surface area contributed by atoms with Crippen LogP contribution in [0.2, 0.25) is 5.02 Å². The summed E-state index contributed by atoms with van der Waals surface area (Å²) >= 11 is 6.21. The lowest BCUT2D eigenvalue weighted by molar-refractivity contribution is 0.0767. The zero-order chi connectivity index (χ0) is 22.3. The Morgan fingerprint density at radius 2 is 1.75 bits per heavy atom. The number of nitrogens with one attached hydrogen (secondary N) is 2. The predicted octanol–water partition coefficient (Wildman–Crippen LogP) is 4.54. The molecule has 1 saturated carbocycles. The maximum atomic E-state index is 12.9. The minimum absolute atomic E-state index is 0.0334. The van der Waals surface area contributed by atoms with Crippen molar-refractivity contribution in [1.29, 1.82) is 0 Å². The molecule has 3 amide bonds. The fourth-order valence-corrected chi connectivity index (χ4v) is 4.62. The molecule has 0 unspecified atom stereocenters. The number of urea groups is 1. The molecule has 170 valence electrons. The van der Waals surface area contributed by atoms with Crippen molar-refractivity contribution < 1.29 is 9.59 Å². The normalized spacial score (nSPS) is 17.5. The minimum atomic E-state index is -0.171. The van der Waals surface area contributed by atoms with E-state index in [9.17, 15) is 9.59 Å². The van der Waals surface area contributed by atoms with E-state index in [-0.39, 0.29) is 18.0 Å². The zero-order valence-corrected chi connectivity index (χ0v) is 19.0. The number of amides is 3. The second kappa shape index (κ2) is 10.7. The van der Waals surface area contributed by atoms with Crippen LogP contribution in [-0.2, 0) is 0 Å². The van der Waals surface area contributed by atoms with Crippen LogP contribution in [0.3, 0.4) is 0 Å². The number of hydrogen-bond acceptors (Lipinski definition) is 4. The molecule has 2 aliphatic rings. The van der Waals surface area contributed by atoms with Gasteiger partial charge in [0.1, 0.15) is 5.82 Å². The van der Waals surface area contributed by atoms with E-state index < -0.39 is 0 Å². The van der Waals surface area contributed by atoms with Crippen LogP contribution < -0.4 is 15.5 Å². The van der Waals surface area contributed by atoms with E-state index in [0.29, 0.717) is 35.9 Å². The van der Waals surface area contributed by atoms with E-state index in [0.717, 1.165) is 31.6 Å². The maximum absolute atomic E-state index is 12.9. The first-order chi connectivity index (χ1) is 15.6. The molecule has 1 aromatic carbocycles. The highest BCUT2D eigenvalue weighted by Gasteiger charge is 2.22. The van der Waals surface area contributed by atoms with Crippen molar-refractivity contribution in [3.63, 3.8) is 0 Å². The quantitative estimate of drug-likeness (QED) is 0.709. The second-order valence-electron chi connectivity index (χ2n) is 8.45. The summed E-state index contributed by atoms with van der Waals surface area (Å²) in [7, 11) is 0. The molecule has 1 aromatic heterocycles. The summed E-state index contributed by atoms with van der Waals surface area (Å²) in [6, 6.07) is 11.1. The number of anilines is 2. The topological polar surface area (TPSA) is 77.6 Å². The third-order valence-corrected chi connectivity index (χ3v) is 6.49. The molecule has 2 heterocycles. The molecule has 0 radical (unpaired) electrons. The van der Waals surface area contributed by atoms with Crippen LogP contribution in [0.5, 0.6) is 0 Å². The molecule has 2 N–H and O–H groups in total. The lowest BCUT2D eigenvalue weighted by Gasteiger charge is -2.24. The molecule has 8 heteroatoms. The Hall–Kier alpha value is -2.80. The number of carbonyl (C=O) groups is 2. The highest BCUT2D eigenvalue weighted by atomic mass is 35.5. The molecule has 0 spiro atoms. The van der Waals surface area contributed by atoms with Crippen molar-refractivity contribution in [3.05, 3.63) is 53.2 Å². The molecule has 7 nitrogen and oxygen atoms in total. The molecule has 1 aliphatic heterocycles. The second-order valence-corrected chi connectivity index (χ2v) is 8.86. The average molecular weight is 456 g/mol. The van der Waals surface area contributed by atoms with Crippen LogP contribution in [0, 0.1) is 0 Å². The molecule has 0 bridgehead atoms. The van der Waals surface area contributed by atoms with E-state index in [1.54, 1.807) is 18.3 Å². The predicted molar refractivity (Wildman–Crippen MR) is 127 cm³/mol. The van der Waals surface area contributed by atoms with Crippen LogP contribution in [0.15, 0.2) is 42.6 Å². The third-order valence-electron chi connectivity index (χ3n) is 6.16. The molecule has 32 heavy (non-hydrogen) atoms. The van der Waals surface area contributed by atoms with Gasteiger partial charge < -0.3 is 20.4 Å². The number of halogens is 1. The van der Waals surface area contributed by atoms with Gasteiger partial charge in [0.15, 0.2) is 0 Å². The first-order valence-corrected chi connectivity index (χ1v) is 11.8. The van der Waals surface area contributed by atoms with Crippen LogP contribution in [0.4, 0.5) is 16.3 Å². The summed E-state index contributed by atoms with van der Waals surface area (Å²) in [4.78, 5) is 33.7. The van der Waals surface area contributed by atoms with Gasteiger partial charge in [0.05, 0.1) is 22.5 Å². The van der Waals surface area contributed by atoms with Crippen LogP contribution >= 0.6 is 11.6 Å². The number of benzene rings is 1. The Morgan fingerprint density at radius 3 is 2.50 bits per heavy atom. The van der Waals surface area contributed by atoms with Gasteiger partial charge in [-0.15, -0.1) is 0 Å². The molecule has 1 aliphatic carbocycles. The monoisotopic (exact) mass is 455 g/mol. The molecule has 2 aromatic rings. The summed E-state index contributed by atoms with van der Waals surface area (Å²) in [5.74, 6) is 0.809. The first-order valence-electron chi connectivity index (χ1n) is 11.4. The zero-order valence-electron chi connectivity index (χ0n) is 18.2. The first kappa shape index (κ1) is 22.4. The Morgan fingerprint density at radius 1 is 0.938 bits per heavy atom. The fraction of sp³-hybridized carbons (Fsp3) is 0.458. The van der Waals surface area contributed by atoms with Gasteiger partial charge in [-0.25, -0.2) is 9.78 Å². The van der Waals surface area contributed by atoms with Gasteiger partial charge in [0.25, 0.3) is 5.91 Å². The van der Waals surface area contributed by atoms with E-state index in [1.807, 2.05) is 29.2 Å². The van der Waals surface area contributed by atoms with Gasteiger partial charge in [0, 0.05) is 32.2 Å². The Balaban J connectivity index is 1.31. The Labute approximate surface area is 194 Å². The molecular weight excluding hydrogens is 426 g/mol. The molecule has 4 rings (SSSR count). The molecule has 0 atom stereocenters. The van der Waals surface area contributed by atoms with Crippen molar-refractivity contribution in [2.45, 2.75) is 44.6 Å². The number of rotatable bonds is 4. The average Bonchev–Trinajstić information content (AvgIpc) is 3.06. The highest BCUT2D eigenvalue weighted by molar-refractivity contribution is 6.33. The van der Waals surface area contributed by atoms with Crippen LogP contribution in [0.1, 0.15) is 48.9 Å². The highest BCUT2D eigenvalue weighted by Crippen LogP contribution is 2.21. The van der Waals surface area contributed by atoms with E-state index in [4.69, 9.17) is 11.6 Å². The van der Waals surface area contributed by atoms with Gasteiger partial charge in [-0.2, -0.15) is 0 Å². The standard InChI is InChI=1S/C24H30ClN5O2/c25-21-10-5-4-9-20(21)23(31)30-14-6-13-29(15-16-30)22-12-11-19(17-26-22)28-24(32)27-18-7-2-1-3-8-18/h4-5,9-12,17-18H,1-3,6-8,13-16H2,(H2,27,28,32). The summed E-state index contributed by atoms with van der Waals surface area (Å²) < 4.78 is 0. The van der Waals surface area contributed by atoms with Crippen molar-refractivity contribution in [2.75, 3.05) is 36.4 Å². The van der Waals surface area contributed by atoms with Gasteiger partial charge >= 0.3 is 6.03 Å². The Bertz CT molecular complexity index is 930. The summed E-state index contributed by atoms with van der Waals surface area (Å²) in [6.07, 6.45) is 8.25. The van der Waals surface area contributed by atoms with E-state index in [2.05, 4.69) is 20.5 Å². The molecule has 2 fully saturated rings. The fourth-order valence-electron chi connectivity index (χ4n) is 4.40. The summed E-state index contributed by atoms with van der Waals surface area (Å²) in [6.45, 7) is 2.80. The molecular formula is C24H30ClN5O2. The SMILES string of the molecule is O=C(Nc1ccc(N2CCCN(C(=O)c3ccccc3Cl)CC2)nc1)NC1CCCCC1. The van der Waals surface area contributed by atoms with E-state index >= 15 is 0 Å². The summed E-state index contributed by atoms with van der Waals surface area (Å²) in [5.41, 5.74) is 1.22. The largest absolute Gasteiger partial charge is 0.355 e. The Kier molecular flexibility index (Phi) is 7.47. The third kappa shape index (κ3) is 5.71. The number of pyridine rings is 1. The van der Waals surface area contributed by atoms with Gasteiger partial charge in [-0.05, 0) is 43.5 Å². The maximum Gasteiger partial charge on any atom is 0.319 e. The van der Waals surface area contributed by atoms with Crippen molar-refractivity contribution in [3.8, 4) is 0 Å². The van der Waals surface area contributed by atoms with E-state index in [1.165, 1.54) is 19.3 Å². The van der Waals surface area contributed by atoms with Gasteiger partial charge in [-0.1, -0.05) is 43.0 Å². The van der Waals surface area contributed by atoms with Crippen LogP contribution in [0.25, 0.3) is 0 Å². The number of hydrogen-bond donors (Lipinski definition) is 2. The van der Waals surface area contributed by atoms with Crippen molar-refractivity contribution in [1.82, 2.24) is 15.2 Å². The smallest absolute Gasteiger partial charge is 0.319 e. The number of aromatic nitrogens is 1. The lowest BCUT2D eigenvalue weighted by Crippen LogP contribution is -2.39. The molecule has 1 saturated heterocycles. The van der Waals surface area contributed by atoms with Crippen LogP contribution in [-0.4, -0.2) is 54.0 Å². The number of carbonyl (C=O) groups excluding carboxylic acids is 2. The number of nitrogens with zero attached hydrogens (tertiary/aromatic N) is 3. The van der Waals surface area contributed by atoms with Gasteiger partial charge in [0.2, 0.25) is 0 Å². The summed E-state index contributed by atoms with van der Waals surface area (Å²) in [5, 5.41) is 6.41.